The van der Waals surface area contributed by atoms with Gasteiger partial charge in [0.05, 0.1) is 24.2 Å². The molecule has 1 amide bonds. The van der Waals surface area contributed by atoms with Gasteiger partial charge in [-0.25, -0.2) is 0 Å². The molecule has 0 spiro atoms. The highest BCUT2D eigenvalue weighted by Crippen LogP contribution is 2.27. The third-order valence-corrected chi connectivity index (χ3v) is 3.93. The van der Waals surface area contributed by atoms with Crippen molar-refractivity contribution in [1.29, 1.82) is 0 Å². The SMILES string of the molecule is CCC(O)(CC)CNC(=O)C1(C)COCC1N. The Morgan fingerprint density at radius 2 is 2.18 bits per heavy atom. The van der Waals surface area contributed by atoms with Crippen LogP contribution in [0.5, 0.6) is 0 Å². The Labute approximate surface area is 103 Å². The van der Waals surface area contributed by atoms with Crippen molar-refractivity contribution in [3.63, 3.8) is 0 Å². The fourth-order valence-corrected chi connectivity index (χ4v) is 1.87. The standard InChI is InChI=1S/C12H24N2O3/c1-4-12(16,5-2)7-14-10(15)11(3)8-17-6-9(11)13/h9,16H,4-8,13H2,1-3H3,(H,14,15). The number of carbonyl (C=O) groups excluding carboxylic acids is 1. The van der Waals surface area contributed by atoms with E-state index in [1.54, 1.807) is 6.92 Å². The van der Waals surface area contributed by atoms with Gasteiger partial charge in [-0.2, -0.15) is 0 Å². The van der Waals surface area contributed by atoms with Crippen LogP contribution in [0.4, 0.5) is 0 Å². The number of nitrogens with one attached hydrogen (secondary N) is 1. The van der Waals surface area contributed by atoms with Crippen LogP contribution in [0.2, 0.25) is 0 Å². The fourth-order valence-electron chi connectivity index (χ4n) is 1.87. The molecule has 1 aliphatic heterocycles. The van der Waals surface area contributed by atoms with E-state index in [-0.39, 0.29) is 18.5 Å². The van der Waals surface area contributed by atoms with E-state index in [0.717, 1.165) is 0 Å². The minimum Gasteiger partial charge on any atom is -0.388 e. The van der Waals surface area contributed by atoms with Gasteiger partial charge < -0.3 is 20.9 Å². The lowest BCUT2D eigenvalue weighted by Crippen LogP contribution is -2.53. The van der Waals surface area contributed by atoms with Crippen LogP contribution in [0.3, 0.4) is 0 Å². The summed E-state index contributed by atoms with van der Waals surface area (Å²) in [4.78, 5) is 12.1. The molecule has 100 valence electrons. The Morgan fingerprint density at radius 1 is 1.59 bits per heavy atom. The number of hydrogen-bond donors (Lipinski definition) is 3. The van der Waals surface area contributed by atoms with E-state index in [2.05, 4.69) is 5.32 Å². The Hall–Kier alpha value is -0.650. The lowest BCUT2D eigenvalue weighted by atomic mass is 9.84. The van der Waals surface area contributed by atoms with Crippen molar-refractivity contribution >= 4 is 5.91 Å². The summed E-state index contributed by atoms with van der Waals surface area (Å²) in [6, 6.07) is -0.279. The second-order valence-electron chi connectivity index (χ2n) is 5.15. The molecule has 0 aromatic rings. The molecule has 17 heavy (non-hydrogen) atoms. The second-order valence-corrected chi connectivity index (χ2v) is 5.15. The van der Waals surface area contributed by atoms with Crippen molar-refractivity contribution in [2.45, 2.75) is 45.3 Å². The summed E-state index contributed by atoms with van der Waals surface area (Å²) < 4.78 is 5.23. The molecule has 0 saturated carbocycles. The molecule has 4 N–H and O–H groups in total. The maximum atomic E-state index is 12.1. The van der Waals surface area contributed by atoms with Crippen LogP contribution in [0.15, 0.2) is 0 Å². The van der Waals surface area contributed by atoms with E-state index >= 15 is 0 Å². The van der Waals surface area contributed by atoms with E-state index in [0.29, 0.717) is 26.1 Å². The van der Waals surface area contributed by atoms with Crippen molar-refractivity contribution in [1.82, 2.24) is 5.32 Å². The van der Waals surface area contributed by atoms with Gasteiger partial charge in [-0.05, 0) is 19.8 Å². The molecule has 5 nitrogen and oxygen atoms in total. The first-order chi connectivity index (χ1) is 7.88. The molecular formula is C12H24N2O3. The zero-order valence-corrected chi connectivity index (χ0v) is 11.0. The zero-order chi connectivity index (χ0) is 13.1. The molecule has 1 aliphatic rings. The summed E-state index contributed by atoms with van der Waals surface area (Å²) in [6.07, 6.45) is 1.23. The minimum atomic E-state index is -0.824. The normalized spacial score (nSPS) is 29.4. The van der Waals surface area contributed by atoms with Crippen LogP contribution in [0.1, 0.15) is 33.6 Å². The molecule has 5 heteroatoms. The van der Waals surface area contributed by atoms with Crippen LogP contribution in [0, 0.1) is 5.41 Å². The molecule has 1 heterocycles. The number of carbonyl (C=O) groups is 1. The fraction of sp³-hybridized carbons (Fsp3) is 0.917. The summed E-state index contributed by atoms with van der Waals surface area (Å²) >= 11 is 0. The highest BCUT2D eigenvalue weighted by Gasteiger charge is 2.44. The third-order valence-electron chi connectivity index (χ3n) is 3.93. The van der Waals surface area contributed by atoms with Gasteiger partial charge >= 0.3 is 0 Å². The average molecular weight is 244 g/mol. The first kappa shape index (κ1) is 14.4. The van der Waals surface area contributed by atoms with Crippen LogP contribution in [-0.4, -0.2) is 42.4 Å². The Morgan fingerprint density at radius 3 is 2.59 bits per heavy atom. The summed E-state index contributed by atoms with van der Waals surface area (Å²) in [7, 11) is 0. The molecular weight excluding hydrogens is 220 g/mol. The molecule has 2 atom stereocenters. The van der Waals surface area contributed by atoms with Gasteiger partial charge in [0.2, 0.25) is 5.91 Å². The zero-order valence-electron chi connectivity index (χ0n) is 11.0. The number of aliphatic hydroxyl groups is 1. The van der Waals surface area contributed by atoms with Crippen LogP contribution < -0.4 is 11.1 Å². The molecule has 1 fully saturated rings. The van der Waals surface area contributed by atoms with Gasteiger partial charge in [-0.3, -0.25) is 4.79 Å². The highest BCUT2D eigenvalue weighted by atomic mass is 16.5. The molecule has 0 radical (unpaired) electrons. The van der Waals surface area contributed by atoms with E-state index in [9.17, 15) is 9.90 Å². The Bertz CT molecular complexity index is 279. The summed E-state index contributed by atoms with van der Waals surface area (Å²) in [5.41, 5.74) is 4.37. The van der Waals surface area contributed by atoms with Crippen LogP contribution in [0.25, 0.3) is 0 Å². The predicted molar refractivity (Wildman–Crippen MR) is 65.4 cm³/mol. The van der Waals surface area contributed by atoms with Crippen molar-refractivity contribution < 1.29 is 14.6 Å². The monoisotopic (exact) mass is 244 g/mol. The minimum absolute atomic E-state index is 0.136. The van der Waals surface area contributed by atoms with Gasteiger partial charge in [-0.15, -0.1) is 0 Å². The second kappa shape index (κ2) is 5.33. The topological polar surface area (TPSA) is 84.6 Å². The van der Waals surface area contributed by atoms with Crippen molar-refractivity contribution in [2.24, 2.45) is 11.1 Å². The van der Waals surface area contributed by atoms with Gasteiger partial charge in [-0.1, -0.05) is 13.8 Å². The maximum Gasteiger partial charge on any atom is 0.230 e. The number of rotatable bonds is 5. The number of ether oxygens (including phenoxy) is 1. The van der Waals surface area contributed by atoms with Gasteiger partial charge in [0.15, 0.2) is 0 Å². The number of amides is 1. The molecule has 0 aromatic heterocycles. The average Bonchev–Trinajstić information content (AvgIpc) is 2.67. The lowest BCUT2D eigenvalue weighted by Gasteiger charge is -2.30. The smallest absolute Gasteiger partial charge is 0.230 e. The first-order valence-corrected chi connectivity index (χ1v) is 6.22. The summed E-state index contributed by atoms with van der Waals surface area (Å²) in [6.45, 7) is 6.63. The summed E-state index contributed by atoms with van der Waals surface area (Å²) in [5.74, 6) is -0.136. The van der Waals surface area contributed by atoms with Gasteiger partial charge in [0, 0.05) is 12.6 Å². The quantitative estimate of drug-likeness (QED) is 0.636. The number of hydrogen-bond acceptors (Lipinski definition) is 4. The molecule has 0 bridgehead atoms. The van der Waals surface area contributed by atoms with Crippen LogP contribution in [-0.2, 0) is 9.53 Å². The van der Waals surface area contributed by atoms with Crippen molar-refractivity contribution in [3.05, 3.63) is 0 Å². The predicted octanol–water partition coefficient (Wildman–Crippen LogP) is 0.0175. The van der Waals surface area contributed by atoms with Gasteiger partial charge in [0.1, 0.15) is 0 Å². The van der Waals surface area contributed by atoms with E-state index in [1.165, 1.54) is 0 Å². The Kier molecular flexibility index (Phi) is 4.52. The largest absolute Gasteiger partial charge is 0.388 e. The first-order valence-electron chi connectivity index (χ1n) is 6.22. The molecule has 1 rings (SSSR count). The van der Waals surface area contributed by atoms with Crippen LogP contribution >= 0.6 is 0 Å². The molecule has 0 aromatic carbocycles. The van der Waals surface area contributed by atoms with Crippen molar-refractivity contribution in [3.8, 4) is 0 Å². The van der Waals surface area contributed by atoms with E-state index in [1.807, 2.05) is 13.8 Å². The van der Waals surface area contributed by atoms with Gasteiger partial charge in [0.25, 0.3) is 0 Å². The highest BCUT2D eigenvalue weighted by molar-refractivity contribution is 5.83. The molecule has 0 aliphatic carbocycles. The Balaban J connectivity index is 2.55. The molecule has 2 unspecified atom stereocenters. The maximum absolute atomic E-state index is 12.1. The summed E-state index contributed by atoms with van der Waals surface area (Å²) in [5, 5.41) is 12.9. The van der Waals surface area contributed by atoms with E-state index in [4.69, 9.17) is 10.5 Å². The number of nitrogens with two attached hydrogens (primary N) is 1. The van der Waals surface area contributed by atoms with Crippen molar-refractivity contribution in [2.75, 3.05) is 19.8 Å². The lowest BCUT2D eigenvalue weighted by molar-refractivity contribution is -0.132. The molecule has 1 saturated heterocycles. The van der Waals surface area contributed by atoms with E-state index < -0.39 is 11.0 Å². The third kappa shape index (κ3) is 2.97.